The summed E-state index contributed by atoms with van der Waals surface area (Å²) in [6, 6.07) is 17.2. The molecule has 5 nitrogen and oxygen atoms in total. The molecule has 5 heteroatoms. The van der Waals surface area contributed by atoms with E-state index in [-0.39, 0.29) is 5.75 Å². The zero-order valence-corrected chi connectivity index (χ0v) is 13.0. The van der Waals surface area contributed by atoms with Gasteiger partial charge < -0.3 is 9.84 Å². The standard InChI is InChI=1S/C19H15N3O2/c1-24-18-11-14(7-8-17(18)23)16-9-10-20-19-15(12-21-22(16)19)13-5-3-2-4-6-13/h2-12,23H,1H3. The van der Waals surface area contributed by atoms with Gasteiger partial charge in [0, 0.05) is 17.3 Å². The molecule has 0 spiro atoms. The molecule has 0 amide bonds. The molecule has 118 valence electrons. The molecule has 0 bridgehead atoms. The minimum atomic E-state index is 0.108. The summed E-state index contributed by atoms with van der Waals surface area (Å²) in [4.78, 5) is 4.48. The molecule has 0 aliphatic heterocycles. The third-order valence-electron chi connectivity index (χ3n) is 3.96. The van der Waals surface area contributed by atoms with Crippen molar-refractivity contribution in [3.05, 3.63) is 67.0 Å². The van der Waals surface area contributed by atoms with Crippen LogP contribution in [-0.2, 0) is 0 Å². The van der Waals surface area contributed by atoms with Gasteiger partial charge in [-0.15, -0.1) is 0 Å². The fourth-order valence-electron chi connectivity index (χ4n) is 2.77. The Morgan fingerprint density at radius 2 is 1.83 bits per heavy atom. The van der Waals surface area contributed by atoms with Crippen LogP contribution < -0.4 is 4.74 Å². The van der Waals surface area contributed by atoms with Gasteiger partial charge in [0.15, 0.2) is 17.1 Å². The molecule has 2 heterocycles. The highest BCUT2D eigenvalue weighted by atomic mass is 16.5. The van der Waals surface area contributed by atoms with Crippen molar-refractivity contribution in [2.24, 2.45) is 0 Å². The van der Waals surface area contributed by atoms with Gasteiger partial charge in [0.1, 0.15) is 0 Å². The van der Waals surface area contributed by atoms with E-state index in [0.717, 1.165) is 28.0 Å². The molecule has 0 fully saturated rings. The van der Waals surface area contributed by atoms with E-state index in [4.69, 9.17) is 4.74 Å². The Morgan fingerprint density at radius 3 is 2.62 bits per heavy atom. The monoisotopic (exact) mass is 317 g/mol. The van der Waals surface area contributed by atoms with Crippen molar-refractivity contribution in [2.75, 3.05) is 7.11 Å². The van der Waals surface area contributed by atoms with Crippen LogP contribution >= 0.6 is 0 Å². The second-order valence-electron chi connectivity index (χ2n) is 5.38. The summed E-state index contributed by atoms with van der Waals surface area (Å²) in [5, 5.41) is 14.3. The first-order valence-corrected chi connectivity index (χ1v) is 7.53. The Hall–Kier alpha value is -3.34. The summed E-state index contributed by atoms with van der Waals surface area (Å²) in [7, 11) is 1.53. The maximum absolute atomic E-state index is 9.79. The molecule has 4 rings (SSSR count). The quantitative estimate of drug-likeness (QED) is 0.625. The first-order chi connectivity index (χ1) is 11.8. The van der Waals surface area contributed by atoms with Crippen molar-refractivity contribution < 1.29 is 9.84 Å². The number of benzene rings is 2. The molecule has 2 aromatic carbocycles. The van der Waals surface area contributed by atoms with E-state index in [2.05, 4.69) is 10.1 Å². The molecule has 24 heavy (non-hydrogen) atoms. The first-order valence-electron chi connectivity index (χ1n) is 7.53. The van der Waals surface area contributed by atoms with E-state index in [1.54, 1.807) is 22.8 Å². The predicted molar refractivity (Wildman–Crippen MR) is 92.1 cm³/mol. The molecule has 0 saturated heterocycles. The average molecular weight is 317 g/mol. The lowest BCUT2D eigenvalue weighted by Gasteiger charge is -2.08. The van der Waals surface area contributed by atoms with E-state index in [9.17, 15) is 5.11 Å². The number of fused-ring (bicyclic) bond motifs is 1. The predicted octanol–water partition coefficient (Wildman–Crippen LogP) is 3.78. The zero-order valence-electron chi connectivity index (χ0n) is 13.0. The second-order valence-corrected chi connectivity index (χ2v) is 5.38. The van der Waals surface area contributed by atoms with Crippen LogP contribution in [-0.4, -0.2) is 26.8 Å². The van der Waals surface area contributed by atoms with Crippen molar-refractivity contribution in [3.63, 3.8) is 0 Å². The third kappa shape index (κ3) is 2.27. The first kappa shape index (κ1) is 14.3. The number of methoxy groups -OCH3 is 1. The van der Waals surface area contributed by atoms with Crippen LogP contribution in [0.2, 0.25) is 0 Å². The molecular formula is C19H15N3O2. The SMILES string of the molecule is COc1cc(-c2ccnc3c(-c4ccccc4)cnn23)ccc1O. The van der Waals surface area contributed by atoms with Gasteiger partial charge in [-0.25, -0.2) is 9.50 Å². The van der Waals surface area contributed by atoms with Gasteiger partial charge in [-0.1, -0.05) is 30.3 Å². The number of hydrogen-bond donors (Lipinski definition) is 1. The van der Waals surface area contributed by atoms with Gasteiger partial charge >= 0.3 is 0 Å². The van der Waals surface area contributed by atoms with Gasteiger partial charge in [0.05, 0.1) is 19.0 Å². The van der Waals surface area contributed by atoms with Gasteiger partial charge in [0.2, 0.25) is 0 Å². The summed E-state index contributed by atoms with van der Waals surface area (Å²) in [6.07, 6.45) is 3.58. The second kappa shape index (κ2) is 5.70. The van der Waals surface area contributed by atoms with Crippen molar-refractivity contribution in [1.82, 2.24) is 14.6 Å². The van der Waals surface area contributed by atoms with Gasteiger partial charge in [0.25, 0.3) is 0 Å². The highest BCUT2D eigenvalue weighted by Crippen LogP contribution is 2.32. The molecule has 2 aromatic heterocycles. The Balaban J connectivity index is 1.91. The Kier molecular flexibility index (Phi) is 3.39. The number of phenolic OH excluding ortho intramolecular Hbond substituents is 1. The van der Waals surface area contributed by atoms with Crippen LogP contribution in [0.25, 0.3) is 28.0 Å². The molecule has 0 aliphatic carbocycles. The fourth-order valence-corrected chi connectivity index (χ4v) is 2.77. The smallest absolute Gasteiger partial charge is 0.163 e. The maximum atomic E-state index is 9.79. The fraction of sp³-hybridized carbons (Fsp3) is 0.0526. The van der Waals surface area contributed by atoms with Gasteiger partial charge in [-0.2, -0.15) is 5.10 Å². The highest BCUT2D eigenvalue weighted by Gasteiger charge is 2.13. The van der Waals surface area contributed by atoms with E-state index >= 15 is 0 Å². The number of aromatic hydroxyl groups is 1. The van der Waals surface area contributed by atoms with Crippen LogP contribution in [0, 0.1) is 0 Å². The zero-order chi connectivity index (χ0) is 16.5. The lowest BCUT2D eigenvalue weighted by molar-refractivity contribution is 0.373. The van der Waals surface area contributed by atoms with Crippen molar-refractivity contribution in [3.8, 4) is 33.9 Å². The number of nitrogens with zero attached hydrogens (tertiary/aromatic N) is 3. The number of phenols is 1. The molecule has 0 unspecified atom stereocenters. The van der Waals surface area contributed by atoms with Crippen LogP contribution in [0.1, 0.15) is 0 Å². The molecule has 0 saturated carbocycles. The van der Waals surface area contributed by atoms with E-state index in [1.807, 2.05) is 48.7 Å². The summed E-state index contributed by atoms with van der Waals surface area (Å²) in [5.41, 5.74) is 4.59. The summed E-state index contributed by atoms with van der Waals surface area (Å²) in [6.45, 7) is 0. The minimum absolute atomic E-state index is 0.108. The van der Waals surface area contributed by atoms with E-state index in [1.165, 1.54) is 7.11 Å². The van der Waals surface area contributed by atoms with Crippen molar-refractivity contribution in [2.45, 2.75) is 0 Å². The summed E-state index contributed by atoms with van der Waals surface area (Å²) in [5.74, 6) is 0.532. The maximum Gasteiger partial charge on any atom is 0.163 e. The minimum Gasteiger partial charge on any atom is -0.504 e. The van der Waals surface area contributed by atoms with Crippen LogP contribution in [0.3, 0.4) is 0 Å². The number of aromatic nitrogens is 3. The molecular weight excluding hydrogens is 302 g/mol. The van der Waals surface area contributed by atoms with Gasteiger partial charge in [-0.3, -0.25) is 0 Å². The van der Waals surface area contributed by atoms with Crippen molar-refractivity contribution >= 4 is 5.65 Å². The molecule has 0 atom stereocenters. The Morgan fingerprint density at radius 1 is 1.00 bits per heavy atom. The summed E-state index contributed by atoms with van der Waals surface area (Å²) < 4.78 is 7.00. The Labute approximate surface area is 138 Å². The van der Waals surface area contributed by atoms with E-state index < -0.39 is 0 Å². The van der Waals surface area contributed by atoms with Crippen LogP contribution in [0.15, 0.2) is 67.0 Å². The van der Waals surface area contributed by atoms with Crippen molar-refractivity contribution in [1.29, 1.82) is 0 Å². The lowest BCUT2D eigenvalue weighted by Crippen LogP contribution is -1.96. The van der Waals surface area contributed by atoms with Crippen LogP contribution in [0.5, 0.6) is 11.5 Å². The highest BCUT2D eigenvalue weighted by molar-refractivity contribution is 5.79. The number of ether oxygens (including phenoxy) is 1. The van der Waals surface area contributed by atoms with Crippen LogP contribution in [0.4, 0.5) is 0 Å². The Bertz CT molecular complexity index is 1010. The number of rotatable bonds is 3. The lowest BCUT2D eigenvalue weighted by atomic mass is 10.1. The van der Waals surface area contributed by atoms with E-state index in [0.29, 0.717) is 5.75 Å². The molecule has 0 aliphatic rings. The molecule has 4 aromatic rings. The topological polar surface area (TPSA) is 59.7 Å². The third-order valence-corrected chi connectivity index (χ3v) is 3.96. The molecule has 1 N–H and O–H groups in total. The number of hydrogen-bond acceptors (Lipinski definition) is 4. The normalized spacial score (nSPS) is 10.9. The van der Waals surface area contributed by atoms with Gasteiger partial charge in [-0.05, 0) is 29.8 Å². The summed E-state index contributed by atoms with van der Waals surface area (Å²) >= 11 is 0. The molecule has 0 radical (unpaired) electrons. The largest absolute Gasteiger partial charge is 0.504 e. The average Bonchev–Trinajstić information content (AvgIpc) is 3.07.